The molecule has 4 aromatic carbocycles. The van der Waals surface area contributed by atoms with Crippen LogP contribution in [0.5, 0.6) is 0 Å². The lowest BCUT2D eigenvalue weighted by molar-refractivity contribution is -0.385. The molecule has 6 nitrogen and oxygen atoms in total. The van der Waals surface area contributed by atoms with E-state index in [9.17, 15) is 20.2 Å². The zero-order valence-corrected chi connectivity index (χ0v) is 20.9. The Morgan fingerprint density at radius 2 is 0.700 bits per heavy atom. The molecule has 0 aromatic heterocycles. The van der Waals surface area contributed by atoms with Crippen LogP contribution in [0.2, 0.25) is 0 Å². The molecule has 0 heterocycles. The molecular weight excluding hydrogens is 500 g/mol. The number of nitro benzene ring substituents is 2. The SMILES string of the molecule is O=[N+]([O-])c1ccc(C#CC(C#Cc2ccc([N+](=O)[O-])cc2)=C(C#Cc2ccccc2)C#Cc2ccccc2)cc1. The molecule has 0 saturated heterocycles. The van der Waals surface area contributed by atoms with Crippen LogP contribution in [0.3, 0.4) is 0 Å². The second-order valence-electron chi connectivity index (χ2n) is 8.09. The molecule has 0 atom stereocenters. The fourth-order valence-electron chi connectivity index (χ4n) is 3.23. The van der Waals surface area contributed by atoms with E-state index in [1.54, 1.807) is 24.3 Å². The maximum Gasteiger partial charge on any atom is 0.269 e. The van der Waals surface area contributed by atoms with E-state index in [4.69, 9.17) is 0 Å². The monoisotopic (exact) mass is 518 g/mol. The summed E-state index contributed by atoms with van der Waals surface area (Å²) in [6, 6.07) is 30.5. The van der Waals surface area contributed by atoms with Crippen LogP contribution < -0.4 is 0 Å². The highest BCUT2D eigenvalue weighted by molar-refractivity contribution is 5.65. The van der Waals surface area contributed by atoms with Crippen molar-refractivity contribution >= 4 is 11.4 Å². The number of rotatable bonds is 2. The molecule has 0 radical (unpaired) electrons. The van der Waals surface area contributed by atoms with Crippen LogP contribution in [0.25, 0.3) is 0 Å². The minimum absolute atomic E-state index is 0.0394. The van der Waals surface area contributed by atoms with E-state index in [-0.39, 0.29) is 11.4 Å². The quantitative estimate of drug-likeness (QED) is 0.177. The Morgan fingerprint density at radius 3 is 0.975 bits per heavy atom. The minimum atomic E-state index is -0.478. The standard InChI is InChI=1S/C34H18N2O4/c37-35(38)33-23-15-29(16-24-33)13-21-32(22-14-30-17-25-34(26-18-30)36(39)40)31(19-11-27-7-3-1-4-8-27)20-12-28-9-5-2-6-10-28/h1-10,15-18,23-26H. The Bertz CT molecular complexity index is 1690. The summed E-state index contributed by atoms with van der Waals surface area (Å²) in [6.07, 6.45) is 0. The molecule has 0 spiro atoms. The van der Waals surface area contributed by atoms with Crippen molar-refractivity contribution in [1.29, 1.82) is 0 Å². The highest BCUT2D eigenvalue weighted by Gasteiger charge is 2.04. The van der Waals surface area contributed by atoms with Crippen molar-refractivity contribution in [2.24, 2.45) is 0 Å². The maximum absolute atomic E-state index is 11.0. The van der Waals surface area contributed by atoms with Crippen molar-refractivity contribution in [3.05, 3.63) is 163 Å². The van der Waals surface area contributed by atoms with Gasteiger partial charge in [0.1, 0.15) is 0 Å². The van der Waals surface area contributed by atoms with Crippen LogP contribution in [0.15, 0.2) is 120 Å². The van der Waals surface area contributed by atoms with Crippen LogP contribution in [0.4, 0.5) is 11.4 Å². The molecular formula is C34H18N2O4. The number of nitrogens with zero attached hydrogens (tertiary/aromatic N) is 2. The number of hydrogen-bond donors (Lipinski definition) is 0. The summed E-state index contributed by atoms with van der Waals surface area (Å²) in [6.45, 7) is 0. The Kier molecular flexibility index (Phi) is 8.87. The molecule has 0 bridgehead atoms. The van der Waals surface area contributed by atoms with Gasteiger partial charge in [0.25, 0.3) is 11.4 Å². The largest absolute Gasteiger partial charge is 0.269 e. The first-order valence-electron chi connectivity index (χ1n) is 11.9. The summed E-state index contributed by atoms with van der Waals surface area (Å²) in [5.41, 5.74) is 3.31. The third kappa shape index (κ3) is 7.83. The molecule has 0 saturated carbocycles. The Labute approximate surface area is 231 Å². The van der Waals surface area contributed by atoms with Gasteiger partial charge in [-0.25, -0.2) is 0 Å². The lowest BCUT2D eigenvalue weighted by atomic mass is 10.1. The minimum Gasteiger partial charge on any atom is -0.258 e. The molecule has 0 fully saturated rings. The van der Waals surface area contributed by atoms with Gasteiger partial charge in [-0.3, -0.25) is 20.2 Å². The lowest BCUT2D eigenvalue weighted by Gasteiger charge is -1.95. The second kappa shape index (κ2) is 13.3. The van der Waals surface area contributed by atoms with Crippen molar-refractivity contribution in [1.82, 2.24) is 0 Å². The number of benzene rings is 4. The highest BCUT2D eigenvalue weighted by Crippen LogP contribution is 2.13. The van der Waals surface area contributed by atoms with E-state index >= 15 is 0 Å². The average molecular weight is 519 g/mol. The first-order valence-corrected chi connectivity index (χ1v) is 11.9. The Hall–Kier alpha value is -6.34. The lowest BCUT2D eigenvalue weighted by Crippen LogP contribution is -1.88. The van der Waals surface area contributed by atoms with Crippen LogP contribution in [-0.4, -0.2) is 9.85 Å². The molecule has 6 heteroatoms. The van der Waals surface area contributed by atoms with E-state index in [1.165, 1.54) is 24.3 Å². The third-order valence-corrected chi connectivity index (χ3v) is 5.28. The second-order valence-corrected chi connectivity index (χ2v) is 8.09. The van der Waals surface area contributed by atoms with Crippen molar-refractivity contribution in [2.75, 3.05) is 0 Å². The predicted molar refractivity (Wildman–Crippen MR) is 154 cm³/mol. The summed E-state index contributed by atoms with van der Waals surface area (Å²) in [4.78, 5) is 21.0. The first-order chi connectivity index (χ1) is 19.5. The van der Waals surface area contributed by atoms with Crippen LogP contribution in [-0.2, 0) is 0 Å². The normalized spacial score (nSPS) is 9.10. The zero-order valence-electron chi connectivity index (χ0n) is 20.9. The van der Waals surface area contributed by atoms with E-state index in [0.29, 0.717) is 22.3 Å². The van der Waals surface area contributed by atoms with E-state index < -0.39 is 9.85 Å². The molecule has 0 aliphatic carbocycles. The molecule has 188 valence electrons. The average Bonchev–Trinajstić information content (AvgIpc) is 2.99. The predicted octanol–water partition coefficient (Wildman–Crippen LogP) is 6.31. The van der Waals surface area contributed by atoms with Gasteiger partial charge in [0.05, 0.1) is 21.0 Å². The van der Waals surface area contributed by atoms with Crippen LogP contribution in [0.1, 0.15) is 22.3 Å². The summed E-state index contributed by atoms with van der Waals surface area (Å²) < 4.78 is 0. The highest BCUT2D eigenvalue weighted by atomic mass is 16.6. The van der Waals surface area contributed by atoms with Gasteiger partial charge < -0.3 is 0 Å². The Morgan fingerprint density at radius 1 is 0.425 bits per heavy atom. The molecule has 0 aliphatic rings. The fraction of sp³-hybridized carbons (Fsp3) is 0. The topological polar surface area (TPSA) is 86.3 Å². The third-order valence-electron chi connectivity index (χ3n) is 5.28. The van der Waals surface area contributed by atoms with Gasteiger partial charge in [-0.05, 0) is 48.5 Å². The van der Waals surface area contributed by atoms with E-state index in [1.807, 2.05) is 60.7 Å². The van der Waals surface area contributed by atoms with Gasteiger partial charge in [0, 0.05) is 46.5 Å². The molecule has 40 heavy (non-hydrogen) atoms. The zero-order chi connectivity index (χ0) is 28.2. The van der Waals surface area contributed by atoms with E-state index in [0.717, 1.165) is 11.1 Å². The summed E-state index contributed by atoms with van der Waals surface area (Å²) in [5, 5.41) is 22.0. The molecule has 4 aromatic rings. The first kappa shape index (κ1) is 26.7. The molecule has 0 amide bonds. The molecule has 0 N–H and O–H groups in total. The molecule has 0 aliphatic heterocycles. The van der Waals surface area contributed by atoms with Crippen molar-refractivity contribution in [3.63, 3.8) is 0 Å². The van der Waals surface area contributed by atoms with Crippen LogP contribution >= 0.6 is 0 Å². The van der Waals surface area contributed by atoms with Crippen molar-refractivity contribution in [3.8, 4) is 47.4 Å². The molecule has 4 rings (SSSR count). The van der Waals surface area contributed by atoms with Gasteiger partial charge in [0.2, 0.25) is 0 Å². The Balaban J connectivity index is 1.86. The maximum atomic E-state index is 11.0. The number of hydrogen-bond acceptors (Lipinski definition) is 4. The van der Waals surface area contributed by atoms with Crippen molar-refractivity contribution < 1.29 is 9.85 Å². The van der Waals surface area contributed by atoms with Crippen LogP contribution in [0, 0.1) is 67.6 Å². The summed E-state index contributed by atoms with van der Waals surface area (Å²) >= 11 is 0. The smallest absolute Gasteiger partial charge is 0.258 e. The van der Waals surface area contributed by atoms with Crippen molar-refractivity contribution in [2.45, 2.75) is 0 Å². The van der Waals surface area contributed by atoms with Gasteiger partial charge in [-0.15, -0.1) is 0 Å². The van der Waals surface area contributed by atoms with Gasteiger partial charge in [-0.1, -0.05) is 83.8 Å². The van der Waals surface area contributed by atoms with Gasteiger partial charge in [0.15, 0.2) is 0 Å². The fourth-order valence-corrected chi connectivity index (χ4v) is 3.23. The summed E-state index contributed by atoms with van der Waals surface area (Å²) in [7, 11) is 0. The molecule has 0 unspecified atom stereocenters. The number of non-ortho nitro benzene ring substituents is 2. The number of allylic oxidation sites excluding steroid dienone is 2. The van der Waals surface area contributed by atoms with E-state index in [2.05, 4.69) is 47.4 Å². The van der Waals surface area contributed by atoms with Gasteiger partial charge >= 0.3 is 0 Å². The number of nitro groups is 2. The summed E-state index contributed by atoms with van der Waals surface area (Å²) in [5.74, 6) is 24.4. The van der Waals surface area contributed by atoms with Gasteiger partial charge in [-0.2, -0.15) is 0 Å².